The molecule has 0 amide bonds. The van der Waals surface area contributed by atoms with Crippen molar-refractivity contribution in [3.05, 3.63) is 0 Å². The Labute approximate surface area is 94.2 Å². The Morgan fingerprint density at radius 1 is 1.40 bits per heavy atom. The second-order valence-corrected chi connectivity index (χ2v) is 5.10. The summed E-state index contributed by atoms with van der Waals surface area (Å²) in [6.45, 7) is 7.46. The molecule has 3 nitrogen and oxygen atoms in total. The lowest BCUT2D eigenvalue weighted by Gasteiger charge is -2.31. The van der Waals surface area contributed by atoms with Gasteiger partial charge in [0.1, 0.15) is 0 Å². The average molecular weight is 214 g/mol. The van der Waals surface area contributed by atoms with Gasteiger partial charge in [0, 0.05) is 25.2 Å². The fraction of sp³-hybridized carbons (Fsp3) is 1.00. The number of likely N-dealkylation sites (N-methyl/N-ethyl adjacent to an activating group) is 1. The van der Waals surface area contributed by atoms with Gasteiger partial charge in [0.15, 0.2) is 0 Å². The van der Waals surface area contributed by atoms with Gasteiger partial charge in [-0.05, 0) is 32.9 Å². The molecule has 1 aliphatic rings. The molecule has 0 aromatic carbocycles. The van der Waals surface area contributed by atoms with E-state index in [1.807, 2.05) is 0 Å². The number of nitrogens with one attached hydrogen (secondary N) is 1. The molecule has 0 bridgehead atoms. The van der Waals surface area contributed by atoms with Crippen molar-refractivity contribution in [2.24, 2.45) is 5.92 Å². The average Bonchev–Trinajstić information content (AvgIpc) is 2.18. The molecule has 0 aromatic rings. The number of nitrogens with zero attached hydrogens (tertiary/aromatic N) is 1. The van der Waals surface area contributed by atoms with E-state index in [0.29, 0.717) is 18.0 Å². The maximum absolute atomic E-state index is 5.46. The topological polar surface area (TPSA) is 24.5 Å². The Morgan fingerprint density at radius 3 is 2.60 bits per heavy atom. The summed E-state index contributed by atoms with van der Waals surface area (Å²) in [5.41, 5.74) is 0. The minimum absolute atomic E-state index is 0.569. The molecule has 1 aliphatic heterocycles. The molecule has 0 radical (unpaired) electrons. The monoisotopic (exact) mass is 214 g/mol. The first-order valence-corrected chi connectivity index (χ1v) is 6.08. The molecular weight excluding hydrogens is 188 g/mol. The van der Waals surface area contributed by atoms with Gasteiger partial charge >= 0.3 is 0 Å². The third-order valence-corrected chi connectivity index (χ3v) is 3.21. The largest absolute Gasteiger partial charge is 0.380 e. The SMILES string of the molecule is CC(C)C(CNC1CCCOC1)N(C)C. The summed E-state index contributed by atoms with van der Waals surface area (Å²) in [6, 6.07) is 1.19. The number of ether oxygens (including phenoxy) is 1. The van der Waals surface area contributed by atoms with Crippen LogP contribution >= 0.6 is 0 Å². The zero-order valence-corrected chi connectivity index (χ0v) is 10.6. The Balaban J connectivity index is 2.26. The third kappa shape index (κ3) is 4.49. The summed E-state index contributed by atoms with van der Waals surface area (Å²) < 4.78 is 5.46. The maximum atomic E-state index is 5.46. The molecule has 15 heavy (non-hydrogen) atoms. The van der Waals surface area contributed by atoms with E-state index in [9.17, 15) is 0 Å². The molecule has 2 atom stereocenters. The van der Waals surface area contributed by atoms with Crippen LogP contribution in [-0.2, 0) is 4.74 Å². The lowest BCUT2D eigenvalue weighted by atomic mass is 10.0. The normalized spacial score (nSPS) is 24.8. The molecule has 1 saturated heterocycles. The molecule has 90 valence electrons. The third-order valence-electron chi connectivity index (χ3n) is 3.21. The predicted molar refractivity (Wildman–Crippen MR) is 64.2 cm³/mol. The first-order chi connectivity index (χ1) is 7.11. The summed E-state index contributed by atoms with van der Waals surface area (Å²) in [7, 11) is 4.31. The Morgan fingerprint density at radius 2 is 2.13 bits per heavy atom. The van der Waals surface area contributed by atoms with Crippen molar-refractivity contribution in [2.75, 3.05) is 33.9 Å². The van der Waals surface area contributed by atoms with Crippen LogP contribution < -0.4 is 5.32 Å². The van der Waals surface area contributed by atoms with Crippen LogP contribution in [0.4, 0.5) is 0 Å². The van der Waals surface area contributed by atoms with Gasteiger partial charge in [-0.2, -0.15) is 0 Å². The van der Waals surface area contributed by atoms with Crippen molar-refractivity contribution >= 4 is 0 Å². The minimum atomic E-state index is 0.569. The first kappa shape index (κ1) is 12.9. The summed E-state index contributed by atoms with van der Waals surface area (Å²) in [5, 5.41) is 3.62. The van der Waals surface area contributed by atoms with E-state index in [1.165, 1.54) is 12.8 Å². The summed E-state index contributed by atoms with van der Waals surface area (Å²) in [5.74, 6) is 0.692. The molecule has 1 heterocycles. The van der Waals surface area contributed by atoms with Crippen molar-refractivity contribution in [1.82, 2.24) is 10.2 Å². The van der Waals surface area contributed by atoms with E-state index in [2.05, 4.69) is 38.2 Å². The lowest BCUT2D eigenvalue weighted by molar-refractivity contribution is 0.0666. The highest BCUT2D eigenvalue weighted by molar-refractivity contribution is 4.77. The standard InChI is InChI=1S/C12H26N2O/c1-10(2)12(14(3)4)8-13-11-6-5-7-15-9-11/h10-13H,5-9H2,1-4H3. The molecule has 1 fully saturated rings. The molecule has 2 unspecified atom stereocenters. The van der Waals surface area contributed by atoms with Crippen LogP contribution in [0.5, 0.6) is 0 Å². The van der Waals surface area contributed by atoms with E-state index in [1.54, 1.807) is 0 Å². The van der Waals surface area contributed by atoms with Gasteiger partial charge in [-0.1, -0.05) is 13.8 Å². The van der Waals surface area contributed by atoms with Crippen LogP contribution in [0.1, 0.15) is 26.7 Å². The van der Waals surface area contributed by atoms with Crippen LogP contribution in [-0.4, -0.2) is 50.8 Å². The van der Waals surface area contributed by atoms with E-state index in [0.717, 1.165) is 19.8 Å². The van der Waals surface area contributed by atoms with Crippen molar-refractivity contribution in [1.29, 1.82) is 0 Å². The summed E-state index contributed by atoms with van der Waals surface area (Å²) >= 11 is 0. The molecule has 3 heteroatoms. The van der Waals surface area contributed by atoms with Gasteiger partial charge in [0.25, 0.3) is 0 Å². The first-order valence-electron chi connectivity index (χ1n) is 6.08. The fourth-order valence-corrected chi connectivity index (χ4v) is 2.20. The second kappa shape index (κ2) is 6.46. The van der Waals surface area contributed by atoms with Gasteiger partial charge in [-0.25, -0.2) is 0 Å². The van der Waals surface area contributed by atoms with E-state index in [-0.39, 0.29) is 0 Å². The molecule has 0 aliphatic carbocycles. The summed E-state index contributed by atoms with van der Waals surface area (Å²) in [6.07, 6.45) is 2.46. The fourth-order valence-electron chi connectivity index (χ4n) is 2.20. The van der Waals surface area contributed by atoms with Gasteiger partial charge in [0.2, 0.25) is 0 Å². The van der Waals surface area contributed by atoms with Crippen molar-refractivity contribution in [3.8, 4) is 0 Å². The van der Waals surface area contributed by atoms with Gasteiger partial charge in [-0.3, -0.25) is 0 Å². The Bertz CT molecular complexity index is 157. The van der Waals surface area contributed by atoms with E-state index in [4.69, 9.17) is 4.74 Å². The quantitative estimate of drug-likeness (QED) is 0.747. The molecular formula is C12H26N2O. The molecule has 0 spiro atoms. The molecule has 1 N–H and O–H groups in total. The van der Waals surface area contributed by atoms with E-state index < -0.39 is 0 Å². The van der Waals surface area contributed by atoms with Crippen LogP contribution in [0.15, 0.2) is 0 Å². The smallest absolute Gasteiger partial charge is 0.0619 e. The van der Waals surface area contributed by atoms with Crippen LogP contribution in [0.3, 0.4) is 0 Å². The maximum Gasteiger partial charge on any atom is 0.0619 e. The number of hydrogen-bond donors (Lipinski definition) is 1. The molecule has 0 aromatic heterocycles. The highest BCUT2D eigenvalue weighted by atomic mass is 16.5. The van der Waals surface area contributed by atoms with Crippen LogP contribution in [0, 0.1) is 5.92 Å². The minimum Gasteiger partial charge on any atom is -0.380 e. The zero-order chi connectivity index (χ0) is 11.3. The number of rotatable bonds is 5. The second-order valence-electron chi connectivity index (χ2n) is 5.10. The van der Waals surface area contributed by atoms with Gasteiger partial charge in [-0.15, -0.1) is 0 Å². The molecule has 0 saturated carbocycles. The zero-order valence-electron chi connectivity index (χ0n) is 10.6. The Hall–Kier alpha value is -0.120. The van der Waals surface area contributed by atoms with Crippen molar-refractivity contribution in [3.63, 3.8) is 0 Å². The Kier molecular flexibility index (Phi) is 5.58. The van der Waals surface area contributed by atoms with Crippen LogP contribution in [0.2, 0.25) is 0 Å². The molecule has 1 rings (SSSR count). The highest BCUT2D eigenvalue weighted by Gasteiger charge is 2.19. The van der Waals surface area contributed by atoms with E-state index >= 15 is 0 Å². The summed E-state index contributed by atoms with van der Waals surface area (Å²) in [4.78, 5) is 2.31. The number of hydrogen-bond acceptors (Lipinski definition) is 3. The van der Waals surface area contributed by atoms with Crippen molar-refractivity contribution in [2.45, 2.75) is 38.8 Å². The van der Waals surface area contributed by atoms with Crippen molar-refractivity contribution < 1.29 is 4.74 Å². The lowest BCUT2D eigenvalue weighted by Crippen LogP contribution is -2.46. The highest BCUT2D eigenvalue weighted by Crippen LogP contribution is 2.09. The van der Waals surface area contributed by atoms with Gasteiger partial charge in [0.05, 0.1) is 6.61 Å². The predicted octanol–water partition coefficient (Wildman–Crippen LogP) is 1.34. The van der Waals surface area contributed by atoms with Crippen LogP contribution in [0.25, 0.3) is 0 Å². The van der Waals surface area contributed by atoms with Gasteiger partial charge < -0.3 is 15.0 Å².